The van der Waals surface area contributed by atoms with Gasteiger partial charge in [-0.25, -0.2) is 0 Å². The maximum Gasteiger partial charge on any atom is 0.203 e. The molecule has 0 fully saturated rings. The molecule has 132 valence electrons. The summed E-state index contributed by atoms with van der Waals surface area (Å²) >= 11 is 3.47. The van der Waals surface area contributed by atoms with E-state index in [9.17, 15) is 5.26 Å². The van der Waals surface area contributed by atoms with Crippen LogP contribution in [0.15, 0.2) is 41.0 Å². The Morgan fingerprint density at radius 2 is 1.73 bits per heavy atom. The quantitative estimate of drug-likeness (QED) is 0.656. The number of nitrogens with zero attached hydrogens (tertiary/aromatic N) is 2. The zero-order valence-corrected chi connectivity index (χ0v) is 16.0. The molecule has 1 N–H and O–H groups in total. The molecule has 0 amide bonds. The van der Waals surface area contributed by atoms with Gasteiger partial charge in [0.05, 0.1) is 38.1 Å². The van der Waals surface area contributed by atoms with Crippen LogP contribution in [0.5, 0.6) is 17.2 Å². The largest absolute Gasteiger partial charge is 0.493 e. The Hall–Kier alpha value is -2.98. The van der Waals surface area contributed by atoms with Crippen LogP contribution in [0, 0.1) is 11.3 Å². The summed E-state index contributed by atoms with van der Waals surface area (Å²) in [6.45, 7) is 0. The number of anilines is 2. The summed E-state index contributed by atoms with van der Waals surface area (Å²) in [7, 11) is 4.66. The first-order chi connectivity index (χ1) is 12.6. The van der Waals surface area contributed by atoms with Gasteiger partial charge >= 0.3 is 0 Å². The van der Waals surface area contributed by atoms with E-state index in [1.54, 1.807) is 39.7 Å². The number of nitriles is 1. The number of hydrogen-bond donors (Lipinski definition) is 1. The standard InChI is InChI=1S/C19H16BrN3O3/c1-24-16-7-13(8-17(25-2)19(16)26-3)23-18-11(9-21)10-22-15-5-4-12(20)6-14(15)18/h4-8,10H,1-3H3,(H,22,23). The SMILES string of the molecule is COc1cc(Nc2c(C#N)cnc3ccc(Br)cc23)cc(OC)c1OC. The van der Waals surface area contributed by atoms with Gasteiger partial charge in [-0.05, 0) is 18.2 Å². The molecule has 7 heteroatoms. The number of pyridine rings is 1. The lowest BCUT2D eigenvalue weighted by atomic mass is 10.1. The Morgan fingerprint density at radius 3 is 2.31 bits per heavy atom. The maximum absolute atomic E-state index is 9.50. The summed E-state index contributed by atoms with van der Waals surface area (Å²) in [5.41, 5.74) is 2.57. The second-order valence-corrected chi connectivity index (χ2v) is 6.27. The van der Waals surface area contributed by atoms with E-state index in [0.29, 0.717) is 34.2 Å². The highest BCUT2D eigenvalue weighted by atomic mass is 79.9. The first kappa shape index (κ1) is 17.8. The van der Waals surface area contributed by atoms with Gasteiger partial charge in [-0.2, -0.15) is 5.26 Å². The van der Waals surface area contributed by atoms with Crippen LogP contribution in [0.25, 0.3) is 10.9 Å². The molecule has 0 bridgehead atoms. The van der Waals surface area contributed by atoms with Gasteiger partial charge in [0, 0.05) is 33.9 Å². The second-order valence-electron chi connectivity index (χ2n) is 5.36. The molecular weight excluding hydrogens is 398 g/mol. The van der Waals surface area contributed by atoms with Crippen molar-refractivity contribution in [2.75, 3.05) is 26.6 Å². The van der Waals surface area contributed by atoms with Gasteiger partial charge in [0.25, 0.3) is 0 Å². The highest BCUT2D eigenvalue weighted by molar-refractivity contribution is 9.10. The number of fused-ring (bicyclic) bond motifs is 1. The maximum atomic E-state index is 9.50. The molecule has 0 spiro atoms. The molecule has 6 nitrogen and oxygen atoms in total. The lowest BCUT2D eigenvalue weighted by Gasteiger charge is -2.16. The molecule has 3 aromatic rings. The Bertz CT molecular complexity index is 990. The number of hydrogen-bond acceptors (Lipinski definition) is 6. The first-order valence-corrected chi connectivity index (χ1v) is 8.46. The van der Waals surface area contributed by atoms with E-state index in [1.165, 1.54) is 0 Å². The Labute approximate surface area is 159 Å². The van der Waals surface area contributed by atoms with E-state index in [-0.39, 0.29) is 0 Å². The summed E-state index contributed by atoms with van der Waals surface area (Å²) in [5, 5.41) is 13.6. The molecule has 0 saturated heterocycles. The van der Waals surface area contributed by atoms with Crippen LogP contribution < -0.4 is 19.5 Å². The fourth-order valence-corrected chi connectivity index (χ4v) is 3.04. The minimum atomic E-state index is 0.435. The van der Waals surface area contributed by atoms with Crippen molar-refractivity contribution >= 4 is 38.2 Å². The Morgan fingerprint density at radius 1 is 1.04 bits per heavy atom. The summed E-state index contributed by atoms with van der Waals surface area (Å²) in [6, 6.07) is 11.5. The third-order valence-electron chi connectivity index (χ3n) is 3.88. The van der Waals surface area contributed by atoms with Crippen LogP contribution >= 0.6 is 15.9 Å². The number of ether oxygens (including phenoxy) is 3. The number of methoxy groups -OCH3 is 3. The third-order valence-corrected chi connectivity index (χ3v) is 4.38. The van der Waals surface area contributed by atoms with E-state index >= 15 is 0 Å². The van der Waals surface area contributed by atoms with Crippen molar-refractivity contribution in [1.29, 1.82) is 5.26 Å². The minimum absolute atomic E-state index is 0.435. The zero-order valence-electron chi connectivity index (χ0n) is 14.5. The summed E-state index contributed by atoms with van der Waals surface area (Å²) in [5.74, 6) is 1.54. The fraction of sp³-hybridized carbons (Fsp3) is 0.158. The lowest BCUT2D eigenvalue weighted by molar-refractivity contribution is 0.324. The van der Waals surface area contributed by atoms with Gasteiger partial charge < -0.3 is 19.5 Å². The summed E-state index contributed by atoms with van der Waals surface area (Å²) in [6.07, 6.45) is 1.55. The van der Waals surface area contributed by atoms with Crippen molar-refractivity contribution in [3.05, 3.63) is 46.6 Å². The molecule has 1 heterocycles. The summed E-state index contributed by atoms with van der Waals surface area (Å²) in [4.78, 5) is 4.34. The molecule has 3 rings (SSSR count). The van der Waals surface area contributed by atoms with Gasteiger partial charge in [-0.15, -0.1) is 0 Å². The molecule has 0 radical (unpaired) electrons. The van der Waals surface area contributed by atoms with Gasteiger partial charge in [0.1, 0.15) is 6.07 Å². The van der Waals surface area contributed by atoms with Crippen molar-refractivity contribution in [3.63, 3.8) is 0 Å². The van der Waals surface area contributed by atoms with Crippen LogP contribution in [0.1, 0.15) is 5.56 Å². The van der Waals surface area contributed by atoms with Crippen molar-refractivity contribution in [3.8, 4) is 23.3 Å². The van der Waals surface area contributed by atoms with Crippen LogP contribution in [0.2, 0.25) is 0 Å². The Balaban J connectivity index is 2.17. The Kier molecular flexibility index (Phi) is 5.14. The topological polar surface area (TPSA) is 76.4 Å². The highest BCUT2D eigenvalue weighted by Crippen LogP contribution is 2.41. The van der Waals surface area contributed by atoms with Gasteiger partial charge in [-0.3, -0.25) is 4.98 Å². The average molecular weight is 414 g/mol. The van der Waals surface area contributed by atoms with E-state index in [0.717, 1.165) is 15.4 Å². The molecule has 0 aliphatic heterocycles. The van der Waals surface area contributed by atoms with Crippen molar-refractivity contribution in [1.82, 2.24) is 4.98 Å². The van der Waals surface area contributed by atoms with Crippen molar-refractivity contribution in [2.24, 2.45) is 0 Å². The molecule has 0 atom stereocenters. The minimum Gasteiger partial charge on any atom is -0.493 e. The molecule has 0 saturated carbocycles. The normalized spacial score (nSPS) is 10.3. The van der Waals surface area contributed by atoms with Crippen LogP contribution in [-0.2, 0) is 0 Å². The van der Waals surface area contributed by atoms with Gasteiger partial charge in [0.15, 0.2) is 11.5 Å². The number of benzene rings is 2. The van der Waals surface area contributed by atoms with Gasteiger partial charge in [-0.1, -0.05) is 15.9 Å². The van der Waals surface area contributed by atoms with E-state index in [2.05, 4.69) is 32.3 Å². The van der Waals surface area contributed by atoms with Crippen LogP contribution in [0.4, 0.5) is 11.4 Å². The number of rotatable bonds is 5. The van der Waals surface area contributed by atoms with E-state index in [4.69, 9.17) is 14.2 Å². The molecule has 0 aliphatic carbocycles. The molecular formula is C19H16BrN3O3. The zero-order chi connectivity index (χ0) is 18.7. The van der Waals surface area contributed by atoms with Crippen LogP contribution in [-0.4, -0.2) is 26.3 Å². The summed E-state index contributed by atoms with van der Waals surface area (Å²) < 4.78 is 17.0. The number of aromatic nitrogens is 1. The first-order valence-electron chi connectivity index (χ1n) is 7.66. The predicted octanol–water partition coefficient (Wildman–Crippen LogP) is 4.64. The molecule has 0 aliphatic rings. The average Bonchev–Trinajstić information content (AvgIpc) is 2.67. The number of nitrogens with one attached hydrogen (secondary N) is 1. The highest BCUT2D eigenvalue weighted by Gasteiger charge is 2.15. The lowest BCUT2D eigenvalue weighted by Crippen LogP contribution is -2.00. The van der Waals surface area contributed by atoms with E-state index < -0.39 is 0 Å². The predicted molar refractivity (Wildman–Crippen MR) is 104 cm³/mol. The molecule has 2 aromatic carbocycles. The second kappa shape index (κ2) is 7.50. The third kappa shape index (κ3) is 3.24. The van der Waals surface area contributed by atoms with E-state index in [1.807, 2.05) is 18.2 Å². The molecule has 26 heavy (non-hydrogen) atoms. The van der Waals surface area contributed by atoms with Crippen molar-refractivity contribution < 1.29 is 14.2 Å². The number of halogens is 1. The fourth-order valence-electron chi connectivity index (χ4n) is 2.68. The molecule has 0 unspecified atom stereocenters. The van der Waals surface area contributed by atoms with Crippen molar-refractivity contribution in [2.45, 2.75) is 0 Å². The monoisotopic (exact) mass is 413 g/mol. The molecule has 1 aromatic heterocycles. The van der Waals surface area contributed by atoms with Crippen LogP contribution in [0.3, 0.4) is 0 Å². The van der Waals surface area contributed by atoms with Gasteiger partial charge in [0.2, 0.25) is 5.75 Å². The smallest absolute Gasteiger partial charge is 0.203 e.